The molecule has 0 unspecified atom stereocenters. The first-order chi connectivity index (χ1) is 12.6. The molecular formula is C18H21N3O5. The number of ether oxygens (including phenoxy) is 2. The summed E-state index contributed by atoms with van der Waals surface area (Å²) < 4.78 is 10.2. The van der Waals surface area contributed by atoms with E-state index in [1.807, 2.05) is 6.07 Å². The monoisotopic (exact) mass is 359 g/mol. The summed E-state index contributed by atoms with van der Waals surface area (Å²) in [5.74, 6) is -1.50. The normalized spacial score (nSPS) is 17.1. The molecule has 1 aromatic heterocycles. The maximum absolute atomic E-state index is 12.5. The van der Waals surface area contributed by atoms with Crippen LogP contribution in [0.2, 0.25) is 0 Å². The van der Waals surface area contributed by atoms with Crippen LogP contribution in [0.15, 0.2) is 24.3 Å². The lowest BCUT2D eigenvalue weighted by molar-refractivity contribution is -0.157. The number of nitrogens with zero attached hydrogens (tertiary/aromatic N) is 2. The van der Waals surface area contributed by atoms with Gasteiger partial charge in [0, 0.05) is 11.9 Å². The van der Waals surface area contributed by atoms with Crippen molar-refractivity contribution in [3.05, 3.63) is 30.0 Å². The van der Waals surface area contributed by atoms with Crippen molar-refractivity contribution >= 4 is 28.7 Å². The number of aromatic nitrogens is 2. The van der Waals surface area contributed by atoms with Crippen LogP contribution in [0.4, 0.5) is 0 Å². The molecule has 1 N–H and O–H groups in total. The van der Waals surface area contributed by atoms with Gasteiger partial charge >= 0.3 is 11.9 Å². The number of rotatable bonds is 5. The van der Waals surface area contributed by atoms with Crippen molar-refractivity contribution in [2.24, 2.45) is 0 Å². The summed E-state index contributed by atoms with van der Waals surface area (Å²) in [6.45, 7) is 2.00. The molecule has 1 aliphatic heterocycles. The Labute approximate surface area is 150 Å². The van der Waals surface area contributed by atoms with E-state index in [4.69, 9.17) is 9.47 Å². The molecule has 1 saturated heterocycles. The van der Waals surface area contributed by atoms with Crippen LogP contribution < -0.4 is 0 Å². The first-order valence-corrected chi connectivity index (χ1v) is 8.68. The average molecular weight is 359 g/mol. The average Bonchev–Trinajstić information content (AvgIpc) is 3.10. The number of fused-ring (bicyclic) bond motifs is 1. The Balaban J connectivity index is 1.63. The molecule has 0 bridgehead atoms. The van der Waals surface area contributed by atoms with Crippen LogP contribution in [-0.2, 0) is 19.1 Å². The minimum Gasteiger partial charge on any atom is -0.464 e. The van der Waals surface area contributed by atoms with Gasteiger partial charge in [0.05, 0.1) is 12.1 Å². The molecule has 1 aromatic carbocycles. The lowest BCUT2D eigenvalue weighted by atomic mass is 10.0. The second kappa shape index (κ2) is 7.99. The Morgan fingerprint density at radius 2 is 2.04 bits per heavy atom. The van der Waals surface area contributed by atoms with Gasteiger partial charge in [-0.15, -0.1) is 0 Å². The SMILES string of the molecule is CCOC(=O)[C@H]1CCCCN1C(=O)COC(=O)c1n[nH]c2ccccc12. The zero-order valence-electron chi connectivity index (χ0n) is 14.6. The molecule has 1 fully saturated rings. The first kappa shape index (κ1) is 17.9. The number of amides is 1. The zero-order chi connectivity index (χ0) is 18.5. The maximum atomic E-state index is 12.5. The van der Waals surface area contributed by atoms with Gasteiger partial charge in [0.15, 0.2) is 12.3 Å². The second-order valence-electron chi connectivity index (χ2n) is 6.04. The number of likely N-dealkylation sites (tertiary alicyclic amines) is 1. The maximum Gasteiger partial charge on any atom is 0.359 e. The van der Waals surface area contributed by atoms with Crippen LogP contribution >= 0.6 is 0 Å². The number of carbonyl (C=O) groups is 3. The van der Waals surface area contributed by atoms with E-state index in [9.17, 15) is 14.4 Å². The number of carbonyl (C=O) groups excluding carboxylic acids is 3. The number of esters is 2. The Kier molecular flexibility index (Phi) is 5.50. The van der Waals surface area contributed by atoms with Crippen LogP contribution in [0, 0.1) is 0 Å². The van der Waals surface area contributed by atoms with Gasteiger partial charge in [-0.2, -0.15) is 5.10 Å². The molecule has 8 nitrogen and oxygen atoms in total. The summed E-state index contributed by atoms with van der Waals surface area (Å²) in [6.07, 6.45) is 2.22. The number of piperidine rings is 1. The van der Waals surface area contributed by atoms with Crippen molar-refractivity contribution in [1.29, 1.82) is 0 Å². The summed E-state index contributed by atoms with van der Waals surface area (Å²) in [5.41, 5.74) is 0.846. The fraction of sp³-hybridized carbons (Fsp3) is 0.444. The molecule has 1 amide bonds. The Bertz CT molecular complexity index is 816. The van der Waals surface area contributed by atoms with Crippen molar-refractivity contribution in [2.45, 2.75) is 32.2 Å². The lowest BCUT2D eigenvalue weighted by Crippen LogP contribution is -2.50. The van der Waals surface area contributed by atoms with Crippen LogP contribution in [0.25, 0.3) is 10.9 Å². The number of para-hydroxylation sites is 1. The molecule has 138 valence electrons. The van der Waals surface area contributed by atoms with Crippen LogP contribution in [-0.4, -0.2) is 58.7 Å². The quantitative estimate of drug-likeness (QED) is 0.815. The van der Waals surface area contributed by atoms with Gasteiger partial charge in [0.1, 0.15) is 6.04 Å². The predicted octanol–water partition coefficient (Wildman–Crippen LogP) is 1.66. The predicted molar refractivity (Wildman–Crippen MR) is 92.4 cm³/mol. The summed E-state index contributed by atoms with van der Waals surface area (Å²) in [5, 5.41) is 7.34. The van der Waals surface area contributed by atoms with Crippen LogP contribution in [0.1, 0.15) is 36.7 Å². The zero-order valence-corrected chi connectivity index (χ0v) is 14.6. The highest BCUT2D eigenvalue weighted by atomic mass is 16.5. The van der Waals surface area contributed by atoms with E-state index >= 15 is 0 Å². The minimum absolute atomic E-state index is 0.133. The third kappa shape index (κ3) is 3.68. The smallest absolute Gasteiger partial charge is 0.359 e. The molecule has 2 aromatic rings. The van der Waals surface area contributed by atoms with E-state index in [-0.39, 0.29) is 12.3 Å². The highest BCUT2D eigenvalue weighted by Gasteiger charge is 2.33. The van der Waals surface area contributed by atoms with Crippen molar-refractivity contribution < 1.29 is 23.9 Å². The Morgan fingerprint density at radius 3 is 2.85 bits per heavy atom. The van der Waals surface area contributed by atoms with Crippen LogP contribution in [0.5, 0.6) is 0 Å². The van der Waals surface area contributed by atoms with E-state index in [1.165, 1.54) is 4.90 Å². The summed E-state index contributed by atoms with van der Waals surface area (Å²) in [7, 11) is 0. The van der Waals surface area contributed by atoms with Crippen LogP contribution in [0.3, 0.4) is 0 Å². The van der Waals surface area contributed by atoms with Crippen molar-refractivity contribution in [1.82, 2.24) is 15.1 Å². The van der Waals surface area contributed by atoms with Gasteiger partial charge in [-0.1, -0.05) is 18.2 Å². The number of benzene rings is 1. The molecule has 0 saturated carbocycles. The molecule has 1 aliphatic rings. The Morgan fingerprint density at radius 1 is 1.23 bits per heavy atom. The molecule has 2 heterocycles. The number of nitrogens with one attached hydrogen (secondary N) is 1. The van der Waals surface area contributed by atoms with Gasteiger partial charge in [-0.05, 0) is 32.3 Å². The summed E-state index contributed by atoms with van der Waals surface area (Å²) in [6, 6.07) is 6.55. The standard InChI is InChI=1S/C18H21N3O5/c1-2-25-17(23)14-9-5-6-10-21(14)15(22)11-26-18(24)16-12-7-3-4-8-13(12)19-20-16/h3-4,7-8,14H,2,5-6,9-11H2,1H3,(H,19,20)/t14-/m1/s1. The van der Waals surface area contributed by atoms with Gasteiger partial charge in [0.25, 0.3) is 5.91 Å². The second-order valence-corrected chi connectivity index (χ2v) is 6.04. The van der Waals surface area contributed by atoms with Crippen molar-refractivity contribution in [3.63, 3.8) is 0 Å². The fourth-order valence-corrected chi connectivity index (χ4v) is 3.11. The number of aromatic amines is 1. The molecule has 0 aliphatic carbocycles. The van der Waals surface area contributed by atoms with Gasteiger partial charge in [0.2, 0.25) is 0 Å². The molecular weight excluding hydrogens is 338 g/mol. The van der Waals surface area contributed by atoms with Gasteiger partial charge in [-0.25, -0.2) is 9.59 Å². The highest BCUT2D eigenvalue weighted by molar-refractivity contribution is 6.02. The van der Waals surface area contributed by atoms with E-state index in [0.29, 0.717) is 23.9 Å². The summed E-state index contributed by atoms with van der Waals surface area (Å²) >= 11 is 0. The minimum atomic E-state index is -0.680. The number of hydrogen-bond donors (Lipinski definition) is 1. The first-order valence-electron chi connectivity index (χ1n) is 8.68. The Hall–Kier alpha value is -2.90. The van der Waals surface area contributed by atoms with Crippen molar-refractivity contribution in [2.75, 3.05) is 19.8 Å². The largest absolute Gasteiger partial charge is 0.464 e. The molecule has 0 spiro atoms. The van der Waals surface area contributed by atoms with Crippen molar-refractivity contribution in [3.8, 4) is 0 Å². The number of hydrogen-bond acceptors (Lipinski definition) is 6. The van der Waals surface area contributed by atoms with E-state index in [0.717, 1.165) is 12.8 Å². The van der Waals surface area contributed by atoms with Gasteiger partial charge < -0.3 is 14.4 Å². The molecule has 3 rings (SSSR count). The van der Waals surface area contributed by atoms with E-state index in [1.54, 1.807) is 25.1 Å². The molecule has 1 atom stereocenters. The van der Waals surface area contributed by atoms with E-state index in [2.05, 4.69) is 10.2 Å². The highest BCUT2D eigenvalue weighted by Crippen LogP contribution is 2.19. The van der Waals surface area contributed by atoms with E-state index < -0.39 is 30.5 Å². The topological polar surface area (TPSA) is 102 Å². The fourth-order valence-electron chi connectivity index (χ4n) is 3.11. The third-order valence-electron chi connectivity index (χ3n) is 4.37. The molecule has 26 heavy (non-hydrogen) atoms. The summed E-state index contributed by atoms with van der Waals surface area (Å²) in [4.78, 5) is 38.2. The molecule has 8 heteroatoms. The lowest BCUT2D eigenvalue weighted by Gasteiger charge is -2.33. The number of H-pyrrole nitrogens is 1. The molecule has 0 radical (unpaired) electrons. The van der Waals surface area contributed by atoms with Gasteiger partial charge in [-0.3, -0.25) is 9.89 Å². The third-order valence-corrected chi connectivity index (χ3v) is 4.37.